The molecule has 0 radical (unpaired) electrons. The highest BCUT2D eigenvalue weighted by molar-refractivity contribution is 6.18. The van der Waals surface area contributed by atoms with Crippen molar-refractivity contribution in [2.75, 3.05) is 9.80 Å². The summed E-state index contributed by atoms with van der Waals surface area (Å²) >= 11 is 0. The Morgan fingerprint density at radius 3 is 0.830 bits per heavy atom. The van der Waals surface area contributed by atoms with E-state index in [1.165, 1.54) is 97.8 Å². The number of aromatic nitrogens is 2. The summed E-state index contributed by atoms with van der Waals surface area (Å²) in [5, 5.41) is 19.4. The van der Waals surface area contributed by atoms with Crippen LogP contribution in [0.25, 0.3) is 175 Å². The number of fused-ring (bicyclic) bond motifs is 18. The lowest BCUT2D eigenvalue weighted by Gasteiger charge is -2.28. The van der Waals surface area contributed by atoms with Crippen LogP contribution in [0.1, 0.15) is 0 Å². The second-order valence-electron chi connectivity index (χ2n) is 29.1. The van der Waals surface area contributed by atoms with Gasteiger partial charge in [0, 0.05) is 88.0 Å². The summed E-state index contributed by atoms with van der Waals surface area (Å²) < 4.78 is 17.0. The van der Waals surface area contributed by atoms with E-state index < -0.39 is 0 Å². The number of rotatable bonds is 11. The molecule has 0 N–H and O–H groups in total. The minimum absolute atomic E-state index is 0.906. The first-order chi connectivity index (χ1) is 55.5. The molecule has 6 heteroatoms. The fourth-order valence-corrected chi connectivity index (χ4v) is 17.5. The molecule has 112 heavy (non-hydrogen) atoms. The van der Waals surface area contributed by atoms with Gasteiger partial charge in [-0.2, -0.15) is 0 Å². The van der Waals surface area contributed by atoms with E-state index in [0.717, 1.165) is 112 Å². The van der Waals surface area contributed by atoms with Crippen LogP contribution in [0.15, 0.2) is 421 Å². The first-order valence-corrected chi connectivity index (χ1v) is 38.3. The second kappa shape index (κ2) is 26.5. The van der Waals surface area contributed by atoms with Gasteiger partial charge in [-0.25, -0.2) is 0 Å². The first-order valence-electron chi connectivity index (χ1n) is 38.3. The van der Waals surface area contributed by atoms with Crippen LogP contribution in [-0.4, -0.2) is 9.13 Å². The van der Waals surface area contributed by atoms with Crippen LogP contribution >= 0.6 is 0 Å². The third kappa shape index (κ3) is 10.8. The number of para-hydroxylation sites is 6. The van der Waals surface area contributed by atoms with Gasteiger partial charge in [0.15, 0.2) is 0 Å². The molecule has 0 aliphatic rings. The van der Waals surface area contributed by atoms with Gasteiger partial charge in [-0.05, 0) is 211 Å². The van der Waals surface area contributed by atoms with Crippen molar-refractivity contribution in [3.8, 4) is 44.8 Å². The first kappa shape index (κ1) is 64.2. The maximum atomic E-state index is 6.13. The predicted octanol–water partition coefficient (Wildman–Crippen LogP) is 29.9. The SMILES string of the molecule is c1ccc2c(c1)ccc1cccc(N(c3ccc(-c4ccc(-n5c6ccccc6c6ccccc65)cc4)cc3)c3ccc(-c4ccc5oc6ccccc6c5c4)cc3)c12.c1ccc2c(c1)ccc1cccc(N(c3ccc(-c4ccc5oc6ccccc6c5c4)cc3)c3ccc(-n4c5ccccc5c5ccccc54)cc3)c12. The molecule has 6 nitrogen and oxygen atoms in total. The summed E-state index contributed by atoms with van der Waals surface area (Å²) in [7, 11) is 0. The van der Waals surface area contributed by atoms with Crippen LogP contribution in [0.5, 0.6) is 0 Å². The molecule has 0 saturated carbocycles. The number of nitrogens with zero attached hydrogens (tertiary/aromatic N) is 4. The molecule has 0 fully saturated rings. The van der Waals surface area contributed by atoms with Gasteiger partial charge >= 0.3 is 0 Å². The van der Waals surface area contributed by atoms with Crippen LogP contribution in [0.4, 0.5) is 34.1 Å². The Bertz CT molecular complexity index is 7510. The molecule has 0 saturated heterocycles. The van der Waals surface area contributed by atoms with Crippen LogP contribution in [0.2, 0.25) is 0 Å². The zero-order valence-electron chi connectivity index (χ0n) is 60.9. The Balaban J connectivity index is 0.000000138. The van der Waals surface area contributed by atoms with Crippen LogP contribution in [0, 0.1) is 0 Å². The average molecular weight is 1430 g/mol. The highest BCUT2D eigenvalue weighted by Crippen LogP contribution is 2.47. The van der Waals surface area contributed by atoms with Crippen molar-refractivity contribution >= 4 is 165 Å². The van der Waals surface area contributed by atoms with Crippen molar-refractivity contribution in [2.45, 2.75) is 0 Å². The van der Waals surface area contributed by atoms with Gasteiger partial charge < -0.3 is 27.8 Å². The minimum atomic E-state index is 0.906. The lowest BCUT2D eigenvalue weighted by Crippen LogP contribution is -2.11. The molecule has 4 aromatic heterocycles. The monoisotopic (exact) mass is 1430 g/mol. The number of furan rings is 2. The van der Waals surface area contributed by atoms with Crippen LogP contribution in [0.3, 0.4) is 0 Å². The zero-order valence-corrected chi connectivity index (χ0v) is 60.9. The standard InChI is InChI=1S/C56H36N2O.C50H32N2O/c1-2-12-46-40(10-1)20-21-41-11-9-18-53(56(41)46)57(44-31-26-39(27-32-44)42-28-35-55-50(36-42)49-15-5-8-19-54(49)59-55)43-29-22-37(23-30-43)38-24-33-45(34-25-38)58-51-16-6-3-13-47(51)48-14-4-7-17-52(48)58;1-2-12-40-34(10-1)20-21-35-11-9-18-47(50(35)40)51(37-25-22-33(23-26-37)36-24-31-49-44(32-36)43-15-5-8-19-48(43)53-49)38-27-29-39(30-28-38)52-45-16-6-3-13-41(45)42-14-4-7-17-46(42)52/h1-36H;1-32H. The van der Waals surface area contributed by atoms with Crippen molar-refractivity contribution in [3.05, 3.63) is 413 Å². The Kier molecular flexibility index (Phi) is 15.2. The molecule has 23 rings (SSSR count). The van der Waals surface area contributed by atoms with Gasteiger partial charge in [-0.1, -0.05) is 267 Å². The van der Waals surface area contributed by atoms with Crippen molar-refractivity contribution in [3.63, 3.8) is 0 Å². The number of hydrogen-bond acceptors (Lipinski definition) is 4. The Morgan fingerprint density at radius 2 is 0.446 bits per heavy atom. The molecule has 4 heterocycles. The van der Waals surface area contributed by atoms with E-state index in [1.807, 2.05) is 24.3 Å². The molecular formula is C106H68N4O2. The van der Waals surface area contributed by atoms with E-state index in [0.29, 0.717) is 0 Å². The van der Waals surface area contributed by atoms with Crippen LogP contribution < -0.4 is 9.80 Å². The van der Waals surface area contributed by atoms with E-state index in [4.69, 9.17) is 8.83 Å². The Morgan fingerprint density at radius 1 is 0.179 bits per heavy atom. The van der Waals surface area contributed by atoms with Crippen molar-refractivity contribution in [1.29, 1.82) is 0 Å². The van der Waals surface area contributed by atoms with Gasteiger partial charge in [0.1, 0.15) is 22.3 Å². The molecule has 0 atom stereocenters. The maximum absolute atomic E-state index is 6.13. The summed E-state index contributed by atoms with van der Waals surface area (Å²) in [6.45, 7) is 0. The molecule has 0 aliphatic heterocycles. The highest BCUT2D eigenvalue weighted by atomic mass is 16.3. The third-order valence-corrected chi connectivity index (χ3v) is 22.8. The van der Waals surface area contributed by atoms with E-state index in [1.54, 1.807) is 0 Å². The summed E-state index contributed by atoms with van der Waals surface area (Å²) in [5.74, 6) is 0. The smallest absolute Gasteiger partial charge is 0.135 e. The highest BCUT2D eigenvalue weighted by Gasteiger charge is 2.23. The molecule has 0 bridgehead atoms. The van der Waals surface area contributed by atoms with Crippen molar-refractivity contribution < 1.29 is 8.83 Å². The second-order valence-corrected chi connectivity index (χ2v) is 29.1. The number of hydrogen-bond donors (Lipinski definition) is 0. The topological polar surface area (TPSA) is 42.6 Å². The fraction of sp³-hybridized carbons (Fsp3) is 0. The van der Waals surface area contributed by atoms with E-state index in [2.05, 4.69) is 407 Å². The van der Waals surface area contributed by atoms with Gasteiger partial charge in [-0.15, -0.1) is 0 Å². The molecule has 0 unspecified atom stereocenters. The van der Waals surface area contributed by atoms with E-state index >= 15 is 0 Å². The molecule has 23 aromatic rings. The summed E-state index contributed by atoms with van der Waals surface area (Å²) in [6.07, 6.45) is 0. The largest absolute Gasteiger partial charge is 0.456 e. The Hall–Kier alpha value is -15.0. The van der Waals surface area contributed by atoms with E-state index in [-0.39, 0.29) is 0 Å². The normalized spacial score (nSPS) is 11.8. The quantitative estimate of drug-likeness (QED) is 0.121. The number of anilines is 6. The maximum Gasteiger partial charge on any atom is 0.135 e. The third-order valence-electron chi connectivity index (χ3n) is 22.8. The lowest BCUT2D eigenvalue weighted by atomic mass is 9.98. The molecule has 0 spiro atoms. The van der Waals surface area contributed by atoms with Gasteiger partial charge in [0.05, 0.1) is 33.4 Å². The van der Waals surface area contributed by atoms with Crippen LogP contribution in [-0.2, 0) is 0 Å². The van der Waals surface area contributed by atoms with Crippen molar-refractivity contribution in [2.24, 2.45) is 0 Å². The Labute approximate surface area is 645 Å². The predicted molar refractivity (Wildman–Crippen MR) is 472 cm³/mol. The molecule has 524 valence electrons. The fourth-order valence-electron chi connectivity index (χ4n) is 17.5. The van der Waals surface area contributed by atoms with E-state index in [9.17, 15) is 0 Å². The minimum Gasteiger partial charge on any atom is -0.456 e. The lowest BCUT2D eigenvalue weighted by molar-refractivity contribution is 0.668. The van der Waals surface area contributed by atoms with Gasteiger partial charge in [0.25, 0.3) is 0 Å². The molecule has 19 aromatic carbocycles. The average Bonchev–Trinajstić information content (AvgIpc) is 1.67. The van der Waals surface area contributed by atoms with Gasteiger partial charge in [-0.3, -0.25) is 0 Å². The molecule has 0 aliphatic carbocycles. The number of benzene rings is 19. The summed E-state index contributed by atoms with van der Waals surface area (Å²) in [4.78, 5) is 4.81. The summed E-state index contributed by atoms with van der Waals surface area (Å²) in [5.41, 5.74) is 24.4. The van der Waals surface area contributed by atoms with Gasteiger partial charge in [0.2, 0.25) is 0 Å². The zero-order chi connectivity index (χ0) is 73.7. The summed E-state index contributed by atoms with van der Waals surface area (Å²) in [6, 6.07) is 149. The molecular weight excluding hydrogens is 1360 g/mol. The van der Waals surface area contributed by atoms with Crippen molar-refractivity contribution in [1.82, 2.24) is 9.13 Å². The molecule has 0 amide bonds.